The van der Waals surface area contributed by atoms with Crippen LogP contribution in [0.5, 0.6) is 0 Å². The van der Waals surface area contributed by atoms with Crippen molar-refractivity contribution in [3.8, 4) is 84.6 Å². The average Bonchev–Trinajstić information content (AvgIpc) is 1.58. The van der Waals surface area contributed by atoms with E-state index < -0.39 is 0 Å². The smallest absolute Gasteiger partial charge is 0.0852 e. The van der Waals surface area contributed by atoms with Gasteiger partial charge in [-0.15, -0.1) is 143 Å². The molecule has 18 heteroatoms. The maximum Gasteiger partial charge on any atom is 0.0852 e. The first kappa shape index (κ1) is 87.2. The molecule has 3 aliphatic heterocycles. The van der Waals surface area contributed by atoms with Crippen molar-refractivity contribution < 1.29 is 63.2 Å². The minimum atomic E-state index is 0. The van der Waals surface area contributed by atoms with Crippen LogP contribution in [-0.4, -0.2) is 63.5 Å². The largest absolute Gasteiger partial charge is 0.504 e. The van der Waals surface area contributed by atoms with Crippen LogP contribution in [0.4, 0.5) is 51.2 Å². The predicted octanol–water partition coefficient (Wildman–Crippen LogP) is 27.6. The van der Waals surface area contributed by atoms with Crippen molar-refractivity contribution in [3.05, 3.63) is 436 Å². The van der Waals surface area contributed by atoms with Crippen molar-refractivity contribution in [2.75, 3.05) is 50.5 Å². The molecule has 24 aromatic rings. The van der Waals surface area contributed by atoms with Gasteiger partial charge in [-0.25, -0.2) is 0 Å². The molecule has 9 heterocycles. The van der Waals surface area contributed by atoms with E-state index in [0.29, 0.717) is 0 Å². The van der Waals surface area contributed by atoms with Crippen LogP contribution in [0, 0.1) is 56.4 Å². The van der Waals surface area contributed by atoms with Gasteiger partial charge in [0, 0.05) is 146 Å². The van der Waals surface area contributed by atoms with Crippen molar-refractivity contribution >= 4 is 150 Å². The predicted molar refractivity (Wildman–Crippen MR) is 563 cm³/mol. The van der Waals surface area contributed by atoms with Crippen LogP contribution in [0.3, 0.4) is 0 Å². The molecule has 0 fully saturated rings. The number of aromatic nitrogens is 9. The maximum atomic E-state index is 5.31. The van der Waals surface area contributed by atoms with Gasteiger partial charge in [0.15, 0.2) is 0 Å². The van der Waals surface area contributed by atoms with Crippen molar-refractivity contribution in [2.24, 2.45) is 21.1 Å². The average molecular weight is 2360 g/mol. The molecule has 141 heavy (non-hydrogen) atoms. The minimum Gasteiger partial charge on any atom is -0.504 e. The van der Waals surface area contributed by atoms with Crippen LogP contribution in [0.1, 0.15) is 33.4 Å². The van der Waals surface area contributed by atoms with Crippen LogP contribution >= 0.6 is 0 Å². The molecule has 0 amide bonds. The number of fused-ring (bicyclic) bond motifs is 26. The fraction of sp³-hybridized carbons (Fsp3) is 0.0732. The van der Waals surface area contributed by atoms with Crippen LogP contribution in [-0.2, 0) is 104 Å². The number of hydrogen-bond donors (Lipinski definition) is 0. The summed E-state index contributed by atoms with van der Waals surface area (Å²) in [4.78, 5) is 28.8. The molecule has 0 radical (unpaired) electrons. The quantitative estimate of drug-likeness (QED) is 0.131. The Morgan fingerprint density at radius 1 is 0.241 bits per heavy atom. The fourth-order valence-corrected chi connectivity index (χ4v) is 22.7. The zero-order valence-electron chi connectivity index (χ0n) is 77.4. The number of hydrogen-bond acceptors (Lipinski definition) is 9. The van der Waals surface area contributed by atoms with E-state index in [4.69, 9.17) is 15.0 Å². The number of anilines is 9. The number of aryl methyl sites for hydroxylation is 3. The molecule has 15 nitrogen and oxygen atoms in total. The fourth-order valence-electron chi connectivity index (χ4n) is 22.7. The number of para-hydroxylation sites is 9. The molecule has 0 N–H and O–H groups in total. The Hall–Kier alpha value is -15.4. The summed E-state index contributed by atoms with van der Waals surface area (Å²) in [6.07, 6.45) is 2.88. The van der Waals surface area contributed by atoms with Crippen molar-refractivity contribution in [1.29, 1.82) is 0 Å². The second-order valence-electron chi connectivity index (χ2n) is 36.9. The summed E-state index contributed by atoms with van der Waals surface area (Å²) in [5.74, 6) is 2.74. The Labute approximate surface area is 859 Å². The monoisotopic (exact) mass is 2360 g/mol. The van der Waals surface area contributed by atoms with Gasteiger partial charge in [-0.3, -0.25) is 15.0 Å². The summed E-state index contributed by atoms with van der Waals surface area (Å²) in [7, 11) is 12.6. The Bertz CT molecular complexity index is 9080. The molecular formula is C123H84N15Pt3-9. The topological polar surface area (TPSA) is 87.7 Å². The molecule has 6 aliphatic rings. The van der Waals surface area contributed by atoms with Crippen molar-refractivity contribution in [2.45, 2.75) is 19.3 Å². The third-order valence-corrected chi connectivity index (χ3v) is 29.1. The van der Waals surface area contributed by atoms with Crippen molar-refractivity contribution in [1.82, 2.24) is 42.4 Å². The summed E-state index contributed by atoms with van der Waals surface area (Å²) in [5.41, 5.74) is 44.7. The van der Waals surface area contributed by atoms with Gasteiger partial charge in [0.2, 0.25) is 0 Å². The normalized spacial score (nSPS) is 13.3. The van der Waals surface area contributed by atoms with Crippen LogP contribution in [0.25, 0.3) is 183 Å². The molecule has 0 atom stereocenters. The molecule has 690 valence electrons. The summed E-state index contributed by atoms with van der Waals surface area (Å²) >= 11 is 0. The molecule has 0 saturated heterocycles. The molecule has 0 unspecified atom stereocenters. The Kier molecular flexibility index (Phi) is 21.0. The molecule has 0 bridgehead atoms. The maximum absolute atomic E-state index is 5.31. The summed E-state index contributed by atoms with van der Waals surface area (Å²) in [5, 5.41) is 7.05. The van der Waals surface area contributed by atoms with Gasteiger partial charge in [-0.05, 0) is 208 Å². The van der Waals surface area contributed by atoms with Gasteiger partial charge in [0.05, 0.1) is 50.6 Å². The third kappa shape index (κ3) is 13.6. The van der Waals surface area contributed by atoms with Crippen LogP contribution in [0.15, 0.2) is 346 Å². The van der Waals surface area contributed by atoms with Gasteiger partial charge in [0.25, 0.3) is 0 Å². The molecule has 30 rings (SSSR count). The first-order valence-electron chi connectivity index (χ1n) is 46.9. The Morgan fingerprint density at radius 2 is 0.596 bits per heavy atom. The first-order chi connectivity index (χ1) is 67.9. The van der Waals surface area contributed by atoms with Gasteiger partial charge >= 0.3 is 0 Å². The van der Waals surface area contributed by atoms with E-state index in [9.17, 15) is 0 Å². The summed E-state index contributed by atoms with van der Waals surface area (Å²) < 4.78 is 13.6. The summed E-state index contributed by atoms with van der Waals surface area (Å²) in [6.45, 7) is 6.37. The molecular weight excluding hydrogens is 2270 g/mol. The van der Waals surface area contributed by atoms with Gasteiger partial charge in [-0.2, -0.15) is 38.2 Å². The zero-order chi connectivity index (χ0) is 91.6. The second kappa shape index (κ2) is 34.0. The van der Waals surface area contributed by atoms with E-state index in [-0.39, 0.29) is 63.2 Å². The number of rotatable bonds is 9. The van der Waals surface area contributed by atoms with E-state index >= 15 is 0 Å². The van der Waals surface area contributed by atoms with E-state index in [2.05, 4.69) is 501 Å². The molecule has 3 aliphatic carbocycles. The van der Waals surface area contributed by atoms with Gasteiger partial charge in [0.1, 0.15) is 0 Å². The SMILES string of the molecule is CN1[CH-]N(c2[c-]c(-n3c4[c-]c(-c5nc6c7c(ccc6n5C)Cc5ccccc5-7)ccc4c4ccccc43)ccc2)c2ccccc21.CN1[CH-]N(c2[c-]c(-n3c4[c-]c(-c5nc6cc7c(cc6n5C)-c5ccccc5C7)ccc4c4ccccc43)ccc2)c2ccccc21.CN1[CH-]N(c2[c-]c(-n3c4[c-]c(-c5nc6ccc7c(c6n5C)-c5ccccc5C7)ccc4c4ccccc43)ccc2)c2ccccc21.[Pt].[Pt].[Pt]. The molecule has 18 aromatic carbocycles. The Balaban J connectivity index is 0.000000110. The van der Waals surface area contributed by atoms with Crippen molar-refractivity contribution in [3.63, 3.8) is 0 Å². The molecule has 0 saturated carbocycles. The molecule has 6 aromatic heterocycles. The van der Waals surface area contributed by atoms with E-state index in [1.165, 1.54) is 105 Å². The molecule has 0 spiro atoms. The van der Waals surface area contributed by atoms with E-state index in [1.54, 1.807) is 0 Å². The van der Waals surface area contributed by atoms with E-state index in [0.717, 1.165) is 181 Å². The first-order valence-corrected chi connectivity index (χ1v) is 46.9. The van der Waals surface area contributed by atoms with Gasteiger partial charge in [-0.1, -0.05) is 209 Å². The zero-order valence-corrected chi connectivity index (χ0v) is 84.2. The second-order valence-corrected chi connectivity index (χ2v) is 36.9. The van der Waals surface area contributed by atoms with Crippen LogP contribution < -0.4 is 29.4 Å². The Morgan fingerprint density at radius 3 is 1.06 bits per heavy atom. The van der Waals surface area contributed by atoms with E-state index in [1.807, 2.05) is 0 Å². The third-order valence-electron chi connectivity index (χ3n) is 29.1. The van der Waals surface area contributed by atoms with Gasteiger partial charge < -0.3 is 56.8 Å². The standard InChI is InChI=1S/3C41H28N5.3Pt/c1-43-25-45(37-17-8-7-16-36(37)43)29-11-9-12-30(24-29)46-35-15-6-5-14-32(35)33-20-18-28(23-38(33)46)41-42-34-21-19-27-22-26-10-3-4-13-31(26)39(27)40(34)44(41)2;1-43-25-45(36-17-8-7-16-35(36)43)29-11-9-12-30(24-29)46-34-15-6-5-14-32(34)33-20-18-28(23-38(33)46)41-42-40-37(44(41)2)21-19-27-22-26-10-3-4-13-31(26)39(27)40;1-43-25-45(38-17-8-7-16-37(38)43)29-11-9-12-30(23-29)46-36-15-6-5-14-32(36)33-19-18-27(22-39(33)46)41-42-35-21-28-20-26-10-3-4-13-31(26)34(28)24-40(35)44(41)2;;;/h2*3-21,25H,22H2,1-2H3;3-19,21,24-25H,20H2,1-2H3;;;/q3*-3;;;. The number of benzene rings is 18. The van der Waals surface area contributed by atoms with Crippen LogP contribution in [0.2, 0.25) is 0 Å². The summed E-state index contributed by atoms with van der Waals surface area (Å²) in [6, 6.07) is 146. The minimum absolute atomic E-state index is 0. The number of nitrogens with zero attached hydrogens (tertiary/aromatic N) is 15. The number of imidazole rings is 3.